The maximum Gasteiger partial charge on any atom is 0.0628 e. The molecule has 106 valence electrons. The zero-order valence-corrected chi connectivity index (χ0v) is 11.5. The van der Waals surface area contributed by atoms with E-state index in [2.05, 4.69) is 17.0 Å². The standard InChI is InChI=1S/C17H21NO2/c19-12-11-18(13-15-7-3-1-4-8-15)17(14-20)16-9-5-2-6-10-16/h1-10,17,19-20H,11-14H2/t17-/m0/s1. The molecular formula is C17H21NO2. The van der Waals surface area contributed by atoms with E-state index >= 15 is 0 Å². The molecule has 0 heterocycles. The fourth-order valence-electron chi connectivity index (χ4n) is 2.40. The molecule has 0 saturated carbocycles. The van der Waals surface area contributed by atoms with E-state index in [-0.39, 0.29) is 19.3 Å². The molecule has 0 amide bonds. The van der Waals surface area contributed by atoms with E-state index < -0.39 is 0 Å². The van der Waals surface area contributed by atoms with Crippen LogP contribution < -0.4 is 0 Å². The molecule has 1 atom stereocenters. The van der Waals surface area contributed by atoms with E-state index in [1.807, 2.05) is 48.5 Å². The Balaban J connectivity index is 2.17. The molecule has 0 unspecified atom stereocenters. The van der Waals surface area contributed by atoms with Crippen molar-refractivity contribution in [3.8, 4) is 0 Å². The molecule has 20 heavy (non-hydrogen) atoms. The summed E-state index contributed by atoms with van der Waals surface area (Å²) in [4.78, 5) is 2.10. The number of rotatable bonds is 7. The zero-order chi connectivity index (χ0) is 14.2. The Bertz CT molecular complexity index is 487. The predicted octanol–water partition coefficient (Wildman–Crippen LogP) is 2.21. The summed E-state index contributed by atoms with van der Waals surface area (Å²) in [7, 11) is 0. The summed E-state index contributed by atoms with van der Waals surface area (Å²) in [6, 6.07) is 19.9. The Morgan fingerprint density at radius 3 is 2.00 bits per heavy atom. The first-order valence-electron chi connectivity index (χ1n) is 6.89. The monoisotopic (exact) mass is 271 g/mol. The molecule has 3 nitrogen and oxygen atoms in total. The van der Waals surface area contributed by atoms with Gasteiger partial charge in [-0.15, -0.1) is 0 Å². The van der Waals surface area contributed by atoms with Crippen molar-refractivity contribution in [1.29, 1.82) is 0 Å². The van der Waals surface area contributed by atoms with Crippen molar-refractivity contribution in [3.05, 3.63) is 71.8 Å². The van der Waals surface area contributed by atoms with Crippen molar-refractivity contribution in [1.82, 2.24) is 4.90 Å². The SMILES string of the molecule is OCCN(Cc1ccccc1)[C@@H](CO)c1ccccc1. The van der Waals surface area contributed by atoms with Gasteiger partial charge in [0.25, 0.3) is 0 Å². The highest BCUT2D eigenvalue weighted by atomic mass is 16.3. The van der Waals surface area contributed by atoms with E-state index in [1.54, 1.807) is 0 Å². The van der Waals surface area contributed by atoms with Gasteiger partial charge in [0.05, 0.1) is 19.3 Å². The van der Waals surface area contributed by atoms with Gasteiger partial charge in [0, 0.05) is 13.1 Å². The normalized spacial score (nSPS) is 12.6. The van der Waals surface area contributed by atoms with Crippen molar-refractivity contribution in [2.45, 2.75) is 12.6 Å². The Labute approximate surface area is 120 Å². The Morgan fingerprint density at radius 1 is 0.850 bits per heavy atom. The molecule has 0 radical (unpaired) electrons. The number of aliphatic hydroxyl groups excluding tert-OH is 2. The van der Waals surface area contributed by atoms with Gasteiger partial charge in [-0.05, 0) is 11.1 Å². The average molecular weight is 271 g/mol. The minimum atomic E-state index is -0.0939. The van der Waals surface area contributed by atoms with Gasteiger partial charge >= 0.3 is 0 Å². The number of aliphatic hydroxyl groups is 2. The molecule has 0 aliphatic heterocycles. The first-order chi connectivity index (χ1) is 9.85. The van der Waals surface area contributed by atoms with Crippen LogP contribution in [0.1, 0.15) is 17.2 Å². The molecule has 3 heteroatoms. The van der Waals surface area contributed by atoms with Gasteiger partial charge in [0.1, 0.15) is 0 Å². The van der Waals surface area contributed by atoms with Crippen LogP contribution in [0.15, 0.2) is 60.7 Å². The van der Waals surface area contributed by atoms with E-state index in [0.29, 0.717) is 13.1 Å². The average Bonchev–Trinajstić information content (AvgIpc) is 2.50. The lowest BCUT2D eigenvalue weighted by atomic mass is 10.0. The third-order valence-corrected chi connectivity index (χ3v) is 3.41. The number of hydrogen-bond donors (Lipinski definition) is 2. The Kier molecular flexibility index (Phi) is 5.74. The zero-order valence-electron chi connectivity index (χ0n) is 11.5. The highest BCUT2D eigenvalue weighted by molar-refractivity contribution is 5.20. The van der Waals surface area contributed by atoms with Gasteiger partial charge in [-0.25, -0.2) is 0 Å². The van der Waals surface area contributed by atoms with E-state index in [4.69, 9.17) is 0 Å². The Hall–Kier alpha value is -1.68. The van der Waals surface area contributed by atoms with Crippen LogP contribution in [0.25, 0.3) is 0 Å². The van der Waals surface area contributed by atoms with Crippen LogP contribution in [0.4, 0.5) is 0 Å². The molecule has 0 aliphatic carbocycles. The summed E-state index contributed by atoms with van der Waals surface area (Å²) in [5.41, 5.74) is 2.25. The van der Waals surface area contributed by atoms with Gasteiger partial charge in [0.2, 0.25) is 0 Å². The van der Waals surface area contributed by atoms with Crippen molar-refractivity contribution < 1.29 is 10.2 Å². The van der Waals surface area contributed by atoms with Crippen molar-refractivity contribution in [2.75, 3.05) is 19.8 Å². The van der Waals surface area contributed by atoms with Crippen LogP contribution in [-0.2, 0) is 6.54 Å². The van der Waals surface area contributed by atoms with Crippen LogP contribution in [0.2, 0.25) is 0 Å². The number of nitrogens with zero attached hydrogens (tertiary/aromatic N) is 1. The molecule has 0 bridgehead atoms. The van der Waals surface area contributed by atoms with Gasteiger partial charge in [-0.3, -0.25) is 4.90 Å². The maximum absolute atomic E-state index is 9.73. The summed E-state index contributed by atoms with van der Waals surface area (Å²) < 4.78 is 0. The molecule has 0 saturated heterocycles. The predicted molar refractivity (Wildman–Crippen MR) is 80.2 cm³/mol. The topological polar surface area (TPSA) is 43.7 Å². The van der Waals surface area contributed by atoms with Crippen LogP contribution in [0.5, 0.6) is 0 Å². The second-order valence-corrected chi connectivity index (χ2v) is 4.79. The molecule has 2 aromatic carbocycles. The molecule has 2 rings (SSSR count). The van der Waals surface area contributed by atoms with E-state index in [9.17, 15) is 10.2 Å². The second-order valence-electron chi connectivity index (χ2n) is 4.79. The summed E-state index contributed by atoms with van der Waals surface area (Å²) in [6.45, 7) is 1.36. The van der Waals surface area contributed by atoms with Crippen molar-refractivity contribution in [2.24, 2.45) is 0 Å². The molecule has 0 spiro atoms. The molecule has 2 N–H and O–H groups in total. The van der Waals surface area contributed by atoms with Crippen LogP contribution >= 0.6 is 0 Å². The smallest absolute Gasteiger partial charge is 0.0628 e. The highest BCUT2D eigenvalue weighted by Crippen LogP contribution is 2.22. The first kappa shape index (κ1) is 14.7. The van der Waals surface area contributed by atoms with Crippen molar-refractivity contribution >= 4 is 0 Å². The lowest BCUT2D eigenvalue weighted by Gasteiger charge is -2.30. The van der Waals surface area contributed by atoms with E-state index in [0.717, 1.165) is 5.56 Å². The Morgan fingerprint density at radius 2 is 1.45 bits per heavy atom. The molecule has 0 fully saturated rings. The molecule has 2 aromatic rings. The fourth-order valence-corrected chi connectivity index (χ4v) is 2.40. The van der Waals surface area contributed by atoms with Gasteiger partial charge in [-0.2, -0.15) is 0 Å². The van der Waals surface area contributed by atoms with Crippen LogP contribution in [0, 0.1) is 0 Å². The summed E-state index contributed by atoms with van der Waals surface area (Å²) >= 11 is 0. The quantitative estimate of drug-likeness (QED) is 0.811. The van der Waals surface area contributed by atoms with Crippen LogP contribution in [0.3, 0.4) is 0 Å². The van der Waals surface area contributed by atoms with Gasteiger partial charge in [-0.1, -0.05) is 60.7 Å². The minimum absolute atomic E-state index is 0.0385. The molecule has 0 aliphatic rings. The number of hydrogen-bond acceptors (Lipinski definition) is 3. The summed E-state index contributed by atoms with van der Waals surface area (Å²) in [5, 5.41) is 19.0. The third kappa shape index (κ3) is 3.90. The second kappa shape index (κ2) is 7.80. The molecular weight excluding hydrogens is 250 g/mol. The molecule has 0 aromatic heterocycles. The summed E-state index contributed by atoms with van der Waals surface area (Å²) in [6.07, 6.45) is 0. The number of benzene rings is 2. The largest absolute Gasteiger partial charge is 0.395 e. The maximum atomic E-state index is 9.73. The lowest BCUT2D eigenvalue weighted by molar-refractivity contribution is 0.0954. The first-order valence-corrected chi connectivity index (χ1v) is 6.89. The lowest BCUT2D eigenvalue weighted by Crippen LogP contribution is -2.33. The fraction of sp³-hybridized carbons (Fsp3) is 0.294. The summed E-state index contributed by atoms with van der Waals surface area (Å²) in [5.74, 6) is 0. The minimum Gasteiger partial charge on any atom is -0.395 e. The van der Waals surface area contributed by atoms with Crippen LogP contribution in [-0.4, -0.2) is 34.9 Å². The third-order valence-electron chi connectivity index (χ3n) is 3.41. The van der Waals surface area contributed by atoms with Gasteiger partial charge < -0.3 is 10.2 Å². The van der Waals surface area contributed by atoms with Gasteiger partial charge in [0.15, 0.2) is 0 Å². The van der Waals surface area contributed by atoms with Crippen molar-refractivity contribution in [3.63, 3.8) is 0 Å². The van der Waals surface area contributed by atoms with E-state index in [1.165, 1.54) is 5.56 Å². The highest BCUT2D eigenvalue weighted by Gasteiger charge is 2.19.